The molecule has 1 aromatic rings. The highest BCUT2D eigenvalue weighted by Crippen LogP contribution is 2.39. The van der Waals surface area contributed by atoms with Crippen LogP contribution in [0.2, 0.25) is 0 Å². The van der Waals surface area contributed by atoms with Gasteiger partial charge in [-0.05, 0) is 24.1 Å². The molecule has 1 rings (SSSR count). The van der Waals surface area contributed by atoms with E-state index in [1.165, 1.54) is 0 Å². The molecule has 0 aliphatic heterocycles. The van der Waals surface area contributed by atoms with Crippen molar-refractivity contribution < 1.29 is 57.2 Å². The van der Waals surface area contributed by atoms with E-state index in [1.54, 1.807) is 14.2 Å². The van der Waals surface area contributed by atoms with Crippen LogP contribution < -0.4 is 14.2 Å². The number of methoxy groups -OCH3 is 2. The Morgan fingerprint density at radius 2 is 0.825 bits per heavy atom. The molecule has 234 valence electrons. The lowest BCUT2D eigenvalue weighted by molar-refractivity contribution is 0.0153. The van der Waals surface area contributed by atoms with Crippen molar-refractivity contribution >= 4 is 0 Å². The molecule has 12 heteroatoms. The molecule has 0 aliphatic rings. The number of rotatable bonds is 30. The average molecular weight is 579 g/mol. The van der Waals surface area contributed by atoms with Crippen LogP contribution in [-0.4, -0.2) is 138 Å². The first-order chi connectivity index (χ1) is 19.8. The van der Waals surface area contributed by atoms with Crippen LogP contribution in [0.3, 0.4) is 0 Å². The van der Waals surface area contributed by atoms with Crippen LogP contribution in [0.25, 0.3) is 0 Å². The normalized spacial score (nSPS) is 11.2. The number of benzene rings is 1. The summed E-state index contributed by atoms with van der Waals surface area (Å²) >= 11 is 0. The summed E-state index contributed by atoms with van der Waals surface area (Å²) < 4.78 is 60.8. The fraction of sp³-hybridized carbons (Fsp3) is 0.786. The van der Waals surface area contributed by atoms with E-state index >= 15 is 0 Å². The van der Waals surface area contributed by atoms with Gasteiger partial charge < -0.3 is 57.2 Å². The van der Waals surface area contributed by atoms with Gasteiger partial charge in [-0.1, -0.05) is 6.92 Å². The zero-order chi connectivity index (χ0) is 28.9. The minimum Gasteiger partial charge on any atom is -0.487 e. The SMILES string of the molecule is CCc1cc(OCCOCCOCCO)c(OCCOCCOCCOC)c(OCCOCCOCCOC)c1. The van der Waals surface area contributed by atoms with E-state index < -0.39 is 0 Å². The second-order valence-electron chi connectivity index (χ2n) is 8.20. The molecule has 0 heterocycles. The van der Waals surface area contributed by atoms with E-state index in [2.05, 4.69) is 6.92 Å². The lowest BCUT2D eigenvalue weighted by Gasteiger charge is -2.19. The molecule has 0 amide bonds. The van der Waals surface area contributed by atoms with Crippen molar-refractivity contribution in [1.29, 1.82) is 0 Å². The van der Waals surface area contributed by atoms with E-state index in [0.717, 1.165) is 12.0 Å². The van der Waals surface area contributed by atoms with Crippen molar-refractivity contribution in [2.45, 2.75) is 13.3 Å². The van der Waals surface area contributed by atoms with E-state index in [-0.39, 0.29) is 6.61 Å². The summed E-state index contributed by atoms with van der Waals surface area (Å²) in [5.74, 6) is 1.66. The fourth-order valence-electron chi connectivity index (χ4n) is 3.13. The largest absolute Gasteiger partial charge is 0.487 e. The van der Waals surface area contributed by atoms with Crippen molar-refractivity contribution in [2.75, 3.05) is 133 Å². The first-order valence-corrected chi connectivity index (χ1v) is 13.9. The van der Waals surface area contributed by atoms with Crippen molar-refractivity contribution in [3.8, 4) is 17.2 Å². The second kappa shape index (κ2) is 27.4. The Labute approximate surface area is 239 Å². The minimum atomic E-state index is -0.00725. The Morgan fingerprint density at radius 1 is 0.475 bits per heavy atom. The van der Waals surface area contributed by atoms with Gasteiger partial charge in [0.25, 0.3) is 0 Å². The van der Waals surface area contributed by atoms with Crippen LogP contribution in [0.15, 0.2) is 12.1 Å². The molecule has 1 N–H and O–H groups in total. The van der Waals surface area contributed by atoms with E-state index in [9.17, 15) is 0 Å². The lowest BCUT2D eigenvalue weighted by atomic mass is 10.1. The number of aryl methyl sites for hydroxylation is 1. The van der Waals surface area contributed by atoms with Crippen LogP contribution in [-0.2, 0) is 44.3 Å². The summed E-state index contributed by atoms with van der Waals surface area (Å²) in [6.07, 6.45) is 0.799. The van der Waals surface area contributed by atoms with Gasteiger partial charge in [-0.25, -0.2) is 0 Å². The number of hydrogen-bond donors (Lipinski definition) is 1. The molecule has 0 aliphatic carbocycles. The maximum Gasteiger partial charge on any atom is 0.203 e. The average Bonchev–Trinajstić information content (AvgIpc) is 2.97. The maximum atomic E-state index is 8.76. The van der Waals surface area contributed by atoms with Gasteiger partial charge in [-0.3, -0.25) is 0 Å². The molecule has 12 nitrogen and oxygen atoms in total. The van der Waals surface area contributed by atoms with Crippen LogP contribution in [0.1, 0.15) is 12.5 Å². The molecular formula is C28H50O12. The van der Waals surface area contributed by atoms with Crippen molar-refractivity contribution in [2.24, 2.45) is 0 Å². The molecule has 0 saturated carbocycles. The van der Waals surface area contributed by atoms with Crippen LogP contribution in [0, 0.1) is 0 Å². The first-order valence-electron chi connectivity index (χ1n) is 13.9. The van der Waals surface area contributed by atoms with Crippen molar-refractivity contribution in [3.05, 3.63) is 17.7 Å². The summed E-state index contributed by atoms with van der Waals surface area (Å²) in [4.78, 5) is 0. The van der Waals surface area contributed by atoms with Crippen molar-refractivity contribution in [3.63, 3.8) is 0 Å². The Bertz CT molecular complexity index is 691. The summed E-state index contributed by atoms with van der Waals surface area (Å²) in [6.45, 7) is 9.41. The number of aliphatic hydroxyl groups is 1. The van der Waals surface area contributed by atoms with Gasteiger partial charge in [0.1, 0.15) is 19.8 Å². The summed E-state index contributed by atoms with van der Waals surface area (Å²) in [6, 6.07) is 3.90. The highest BCUT2D eigenvalue weighted by molar-refractivity contribution is 5.54. The summed E-state index contributed by atoms with van der Waals surface area (Å²) in [5, 5.41) is 8.76. The zero-order valence-electron chi connectivity index (χ0n) is 24.5. The van der Waals surface area contributed by atoms with E-state index in [0.29, 0.717) is 130 Å². The third kappa shape index (κ3) is 19.4. The van der Waals surface area contributed by atoms with E-state index in [4.69, 9.17) is 57.2 Å². The highest BCUT2D eigenvalue weighted by atomic mass is 16.6. The molecule has 1 aromatic carbocycles. The van der Waals surface area contributed by atoms with Gasteiger partial charge in [-0.15, -0.1) is 0 Å². The molecule has 40 heavy (non-hydrogen) atoms. The fourth-order valence-corrected chi connectivity index (χ4v) is 3.13. The molecule has 0 radical (unpaired) electrons. The number of ether oxygens (including phenoxy) is 11. The van der Waals surface area contributed by atoms with Gasteiger partial charge in [-0.2, -0.15) is 0 Å². The van der Waals surface area contributed by atoms with Gasteiger partial charge in [0.2, 0.25) is 5.75 Å². The Hall–Kier alpha value is -1.74. The van der Waals surface area contributed by atoms with Gasteiger partial charge in [0.05, 0.1) is 99.1 Å². The van der Waals surface area contributed by atoms with E-state index in [1.807, 2.05) is 12.1 Å². The lowest BCUT2D eigenvalue weighted by Crippen LogP contribution is -2.15. The van der Waals surface area contributed by atoms with Gasteiger partial charge in [0.15, 0.2) is 11.5 Å². The molecule has 0 fully saturated rings. The van der Waals surface area contributed by atoms with Gasteiger partial charge in [0, 0.05) is 14.2 Å². The molecule has 0 saturated heterocycles. The number of aliphatic hydroxyl groups excluding tert-OH is 1. The van der Waals surface area contributed by atoms with Crippen molar-refractivity contribution in [1.82, 2.24) is 0 Å². The van der Waals surface area contributed by atoms with Crippen LogP contribution in [0.5, 0.6) is 17.2 Å². The molecule has 0 bridgehead atoms. The minimum absolute atomic E-state index is 0.00725. The highest BCUT2D eigenvalue weighted by Gasteiger charge is 2.16. The zero-order valence-corrected chi connectivity index (χ0v) is 24.5. The number of hydrogen-bond acceptors (Lipinski definition) is 12. The Balaban J connectivity index is 2.61. The molecule has 0 aromatic heterocycles. The van der Waals surface area contributed by atoms with Crippen LogP contribution >= 0.6 is 0 Å². The molecule has 0 unspecified atom stereocenters. The predicted molar refractivity (Wildman–Crippen MR) is 148 cm³/mol. The smallest absolute Gasteiger partial charge is 0.203 e. The van der Waals surface area contributed by atoms with Crippen LogP contribution in [0.4, 0.5) is 0 Å². The second-order valence-corrected chi connectivity index (χ2v) is 8.20. The predicted octanol–water partition coefficient (Wildman–Crippen LogP) is 1.77. The van der Waals surface area contributed by atoms with Gasteiger partial charge >= 0.3 is 0 Å². The maximum absolute atomic E-state index is 8.76. The molecule has 0 atom stereocenters. The molecule has 0 spiro atoms. The quantitative estimate of drug-likeness (QED) is 0.134. The monoisotopic (exact) mass is 578 g/mol. The Kier molecular flexibility index (Phi) is 24.9. The topological polar surface area (TPSA) is 122 Å². The third-order valence-electron chi connectivity index (χ3n) is 5.15. The first kappa shape index (κ1) is 36.3. The third-order valence-corrected chi connectivity index (χ3v) is 5.15. The molecular weight excluding hydrogens is 528 g/mol. The summed E-state index contributed by atoms with van der Waals surface area (Å²) in [7, 11) is 3.27. The standard InChI is InChI=1S/C28H50O12/c1-4-25-23-26(38-20-17-35-12-11-32-6-5-29)28(40-22-19-37-16-14-34-10-8-31-3)27(24-25)39-21-18-36-15-13-33-9-7-30-2/h23-24,29H,4-22H2,1-3H3. The Morgan fingerprint density at radius 3 is 1.20 bits per heavy atom. The summed E-state index contributed by atoms with van der Waals surface area (Å²) in [5.41, 5.74) is 1.05.